The minimum Gasteiger partial charge on any atom is -0.462 e. The fourth-order valence-corrected chi connectivity index (χ4v) is 3.89. The Balaban J connectivity index is 2.12. The lowest BCUT2D eigenvalue weighted by atomic mass is 10.2. The van der Waals surface area contributed by atoms with Gasteiger partial charge in [-0.1, -0.05) is 24.3 Å². The zero-order chi connectivity index (χ0) is 24.9. The highest BCUT2D eigenvalue weighted by Gasteiger charge is 2.20. The zero-order valence-corrected chi connectivity index (χ0v) is 19.9. The molecule has 0 saturated carbocycles. The van der Waals surface area contributed by atoms with E-state index in [1.165, 1.54) is 10.5 Å². The van der Waals surface area contributed by atoms with E-state index in [4.69, 9.17) is 14.5 Å². The van der Waals surface area contributed by atoms with Gasteiger partial charge in [-0.05, 0) is 50.1 Å². The maximum atomic E-state index is 13.4. The van der Waals surface area contributed by atoms with Crippen molar-refractivity contribution in [3.05, 3.63) is 87.3 Å². The van der Waals surface area contributed by atoms with Crippen LogP contribution in [0.1, 0.15) is 39.6 Å². The monoisotopic (exact) mass is 474 g/mol. The van der Waals surface area contributed by atoms with Gasteiger partial charge in [-0.2, -0.15) is 4.99 Å². The third kappa shape index (κ3) is 4.76. The third-order valence-electron chi connectivity index (χ3n) is 5.56. The first kappa shape index (κ1) is 24.0. The van der Waals surface area contributed by atoms with Gasteiger partial charge in [0.1, 0.15) is 16.9 Å². The number of aryl methyl sites for hydroxylation is 2. The van der Waals surface area contributed by atoms with Crippen LogP contribution in [0.5, 0.6) is 0 Å². The van der Waals surface area contributed by atoms with Gasteiger partial charge in [0, 0.05) is 32.0 Å². The third-order valence-corrected chi connectivity index (χ3v) is 5.56. The van der Waals surface area contributed by atoms with Gasteiger partial charge in [-0.3, -0.25) is 14.0 Å². The molecule has 0 aliphatic carbocycles. The van der Waals surface area contributed by atoms with E-state index in [2.05, 4.69) is 4.99 Å². The number of carbonyl (C=O) groups is 2. The molecule has 0 aliphatic rings. The van der Waals surface area contributed by atoms with Crippen molar-refractivity contribution in [2.24, 2.45) is 4.99 Å². The molecule has 0 spiro atoms. The molecular weight excluding hydrogens is 448 g/mol. The van der Waals surface area contributed by atoms with Crippen molar-refractivity contribution in [3.63, 3.8) is 0 Å². The van der Waals surface area contributed by atoms with Crippen molar-refractivity contribution < 1.29 is 19.1 Å². The van der Waals surface area contributed by atoms with Crippen molar-refractivity contribution in [3.8, 4) is 0 Å². The van der Waals surface area contributed by atoms with E-state index in [0.29, 0.717) is 36.4 Å². The second-order valence-corrected chi connectivity index (χ2v) is 7.92. The lowest BCUT2D eigenvalue weighted by Crippen LogP contribution is -2.33. The molecule has 9 nitrogen and oxygen atoms in total. The lowest BCUT2D eigenvalue weighted by molar-refractivity contribution is 0.0523. The summed E-state index contributed by atoms with van der Waals surface area (Å²) in [7, 11) is 1.59. The molecule has 9 heteroatoms. The zero-order valence-electron chi connectivity index (χ0n) is 19.9. The highest BCUT2D eigenvalue weighted by atomic mass is 16.5. The van der Waals surface area contributed by atoms with Gasteiger partial charge in [0.15, 0.2) is 5.49 Å². The SMILES string of the molecule is CCOC(=O)c1cc2c(=O)n3cccc(C)c3nc2n(CCCOC)c1=NC(=O)c1ccccc1. The summed E-state index contributed by atoms with van der Waals surface area (Å²) < 4.78 is 13.5. The van der Waals surface area contributed by atoms with Crippen LogP contribution in [0.25, 0.3) is 16.7 Å². The number of rotatable bonds is 7. The van der Waals surface area contributed by atoms with Crippen LogP contribution in [-0.2, 0) is 16.0 Å². The summed E-state index contributed by atoms with van der Waals surface area (Å²) in [6.07, 6.45) is 2.17. The maximum Gasteiger partial charge on any atom is 0.341 e. The van der Waals surface area contributed by atoms with Crippen molar-refractivity contribution in [2.45, 2.75) is 26.8 Å². The standard InChI is InChI=1S/C26H26N4O5/c1-4-35-26(33)20-16-19-22(27-21-17(2)10-8-13-30(21)25(19)32)29(14-9-15-34-3)23(20)28-24(31)18-11-6-5-7-12-18/h5-8,10-13,16H,4,9,14-15H2,1-3H3. The van der Waals surface area contributed by atoms with Gasteiger partial charge in [-0.25, -0.2) is 9.78 Å². The van der Waals surface area contributed by atoms with Crippen molar-refractivity contribution in [1.29, 1.82) is 0 Å². The second-order valence-electron chi connectivity index (χ2n) is 7.92. The molecule has 4 aromatic rings. The minimum atomic E-state index is -0.678. The predicted octanol–water partition coefficient (Wildman–Crippen LogP) is 2.91. The van der Waals surface area contributed by atoms with E-state index in [9.17, 15) is 14.4 Å². The average Bonchev–Trinajstić information content (AvgIpc) is 2.86. The van der Waals surface area contributed by atoms with Crippen LogP contribution in [0, 0.1) is 6.92 Å². The van der Waals surface area contributed by atoms with Gasteiger partial charge in [0.05, 0.1) is 12.0 Å². The van der Waals surface area contributed by atoms with E-state index in [1.54, 1.807) is 61.2 Å². The number of methoxy groups -OCH3 is 1. The number of amides is 1. The fourth-order valence-electron chi connectivity index (χ4n) is 3.89. The first-order chi connectivity index (χ1) is 17.0. The normalized spacial score (nSPS) is 11.8. The Morgan fingerprint density at radius 3 is 2.57 bits per heavy atom. The molecule has 0 atom stereocenters. The number of nitrogens with zero attached hydrogens (tertiary/aromatic N) is 4. The molecule has 0 fully saturated rings. The molecule has 0 N–H and O–H groups in total. The number of hydrogen-bond donors (Lipinski definition) is 0. The molecule has 0 radical (unpaired) electrons. The maximum absolute atomic E-state index is 13.4. The summed E-state index contributed by atoms with van der Waals surface area (Å²) in [6, 6.07) is 13.6. The van der Waals surface area contributed by atoms with Gasteiger partial charge in [0.2, 0.25) is 0 Å². The van der Waals surface area contributed by atoms with E-state index in [-0.39, 0.29) is 28.6 Å². The van der Waals surface area contributed by atoms with Gasteiger partial charge < -0.3 is 14.0 Å². The highest BCUT2D eigenvalue weighted by Crippen LogP contribution is 2.14. The Bertz CT molecular complexity index is 1540. The van der Waals surface area contributed by atoms with E-state index >= 15 is 0 Å². The molecule has 3 heterocycles. The molecule has 1 amide bonds. The Labute approximate surface area is 201 Å². The van der Waals surface area contributed by atoms with Crippen molar-refractivity contribution >= 4 is 28.6 Å². The Hall–Kier alpha value is -4.11. The summed E-state index contributed by atoms with van der Waals surface area (Å²) >= 11 is 0. The minimum absolute atomic E-state index is 0.0209. The number of esters is 1. The number of pyridine rings is 2. The van der Waals surface area contributed by atoms with Crippen molar-refractivity contribution in [2.75, 3.05) is 20.3 Å². The lowest BCUT2D eigenvalue weighted by Gasteiger charge is -2.15. The molecule has 35 heavy (non-hydrogen) atoms. The van der Waals surface area contributed by atoms with E-state index in [1.807, 2.05) is 13.0 Å². The smallest absolute Gasteiger partial charge is 0.341 e. The van der Waals surface area contributed by atoms with Crippen LogP contribution in [0.3, 0.4) is 0 Å². The van der Waals surface area contributed by atoms with Crippen LogP contribution in [0.4, 0.5) is 0 Å². The fraction of sp³-hybridized carbons (Fsp3) is 0.269. The Morgan fingerprint density at radius 2 is 1.86 bits per heavy atom. The quantitative estimate of drug-likeness (QED) is 0.232. The van der Waals surface area contributed by atoms with Gasteiger partial charge in [0.25, 0.3) is 11.5 Å². The average molecular weight is 475 g/mol. The van der Waals surface area contributed by atoms with Crippen LogP contribution >= 0.6 is 0 Å². The highest BCUT2D eigenvalue weighted by molar-refractivity contribution is 5.97. The summed E-state index contributed by atoms with van der Waals surface area (Å²) in [5.41, 5.74) is 1.76. The Kier molecular flexibility index (Phi) is 7.17. The van der Waals surface area contributed by atoms with Gasteiger partial charge >= 0.3 is 5.97 Å². The molecule has 0 aliphatic heterocycles. The van der Waals surface area contributed by atoms with Crippen LogP contribution in [0.15, 0.2) is 64.5 Å². The van der Waals surface area contributed by atoms with Crippen LogP contribution in [-0.4, -0.2) is 46.2 Å². The number of benzene rings is 1. The second kappa shape index (κ2) is 10.4. The van der Waals surface area contributed by atoms with Crippen LogP contribution in [0.2, 0.25) is 0 Å². The molecule has 0 saturated heterocycles. The molecule has 0 unspecified atom stereocenters. The number of carbonyl (C=O) groups excluding carboxylic acids is 2. The first-order valence-electron chi connectivity index (χ1n) is 11.3. The molecule has 1 aromatic carbocycles. The summed E-state index contributed by atoms with van der Waals surface area (Å²) in [5, 5.41) is 0.222. The van der Waals surface area contributed by atoms with Crippen molar-refractivity contribution in [1.82, 2.24) is 14.0 Å². The topological polar surface area (TPSA) is 104 Å². The van der Waals surface area contributed by atoms with E-state index in [0.717, 1.165) is 5.56 Å². The first-order valence-corrected chi connectivity index (χ1v) is 11.3. The number of ether oxygens (including phenoxy) is 2. The summed E-state index contributed by atoms with van der Waals surface area (Å²) in [6.45, 7) is 4.41. The molecule has 0 bridgehead atoms. The number of hydrogen-bond acceptors (Lipinski definition) is 6. The molecule has 3 aromatic heterocycles. The largest absolute Gasteiger partial charge is 0.462 e. The van der Waals surface area contributed by atoms with Gasteiger partial charge in [-0.15, -0.1) is 0 Å². The Morgan fingerprint density at radius 1 is 1.09 bits per heavy atom. The molecule has 4 rings (SSSR count). The van der Waals surface area contributed by atoms with Crippen LogP contribution < -0.4 is 11.0 Å². The summed E-state index contributed by atoms with van der Waals surface area (Å²) in [4.78, 5) is 48.6. The molecule has 180 valence electrons. The number of fused-ring (bicyclic) bond motifs is 2. The molecular formula is C26H26N4O5. The van der Waals surface area contributed by atoms with E-state index < -0.39 is 11.9 Å². The predicted molar refractivity (Wildman–Crippen MR) is 130 cm³/mol. The summed E-state index contributed by atoms with van der Waals surface area (Å²) in [5.74, 6) is -1.20. The number of aromatic nitrogens is 3.